The molecule has 0 aromatic carbocycles. The van der Waals surface area contributed by atoms with Gasteiger partial charge < -0.3 is 19.8 Å². The van der Waals surface area contributed by atoms with Gasteiger partial charge in [-0.05, 0) is 12.8 Å². The van der Waals surface area contributed by atoms with Crippen molar-refractivity contribution in [1.82, 2.24) is 5.32 Å². The van der Waals surface area contributed by atoms with E-state index in [1.165, 1.54) is 70.6 Å². The van der Waals surface area contributed by atoms with Crippen LogP contribution in [0, 0.1) is 0 Å². The molecule has 1 amide bonds. The summed E-state index contributed by atoms with van der Waals surface area (Å²) in [6.07, 6.45) is 20.0. The fourth-order valence-corrected chi connectivity index (χ4v) is 5.19. The van der Waals surface area contributed by atoms with E-state index in [1.54, 1.807) is 0 Å². The summed E-state index contributed by atoms with van der Waals surface area (Å²) in [6, 6.07) is -0.747. The lowest BCUT2D eigenvalue weighted by atomic mass is 10.0. The predicted octanol–water partition coefficient (Wildman–Crippen LogP) is 7.12. The number of quaternary nitrogens is 1. The van der Waals surface area contributed by atoms with Gasteiger partial charge in [0, 0.05) is 6.42 Å². The van der Waals surface area contributed by atoms with Gasteiger partial charge in [0.1, 0.15) is 13.2 Å². The molecule has 0 aromatic heterocycles. The third-order valence-corrected chi connectivity index (χ3v) is 8.09. The van der Waals surface area contributed by atoms with E-state index in [0.29, 0.717) is 23.9 Å². The van der Waals surface area contributed by atoms with Crippen molar-refractivity contribution < 1.29 is 32.9 Å². The first kappa shape index (κ1) is 38.5. The molecule has 39 heavy (non-hydrogen) atoms. The first-order valence-electron chi connectivity index (χ1n) is 15.9. The molecule has 234 valence electrons. The third kappa shape index (κ3) is 26.2. The van der Waals surface area contributed by atoms with E-state index in [0.717, 1.165) is 38.5 Å². The predicted molar refractivity (Wildman–Crippen MR) is 162 cm³/mol. The second kappa shape index (κ2) is 24.1. The van der Waals surface area contributed by atoms with Crippen LogP contribution in [0.3, 0.4) is 0 Å². The van der Waals surface area contributed by atoms with Gasteiger partial charge in [-0.15, -0.1) is 0 Å². The number of phosphoric ester groups is 1. The Kier molecular flexibility index (Phi) is 23.8. The van der Waals surface area contributed by atoms with E-state index in [9.17, 15) is 19.4 Å². The molecule has 3 atom stereocenters. The summed E-state index contributed by atoms with van der Waals surface area (Å²) in [5.74, 6) is -0.153. The van der Waals surface area contributed by atoms with Gasteiger partial charge in [-0.3, -0.25) is 13.8 Å². The van der Waals surface area contributed by atoms with Crippen LogP contribution >= 0.6 is 7.82 Å². The number of nitrogens with one attached hydrogen (secondary N) is 1. The maximum atomic E-state index is 12.6. The largest absolute Gasteiger partial charge is 0.472 e. The van der Waals surface area contributed by atoms with Gasteiger partial charge in [0.15, 0.2) is 0 Å². The molecule has 0 aliphatic heterocycles. The highest BCUT2D eigenvalue weighted by atomic mass is 31.2. The number of aliphatic hydroxyl groups excluding tert-OH is 1. The van der Waals surface area contributed by atoms with Gasteiger partial charge in [0.05, 0.1) is 39.9 Å². The second-order valence-corrected chi connectivity index (χ2v) is 13.6. The Bertz CT molecular complexity index is 629. The zero-order chi connectivity index (χ0) is 29.4. The molecule has 0 radical (unpaired) electrons. The lowest BCUT2D eigenvalue weighted by Crippen LogP contribution is -2.46. The quantitative estimate of drug-likeness (QED) is 0.0518. The Morgan fingerprint density at radius 2 is 1.23 bits per heavy atom. The summed E-state index contributed by atoms with van der Waals surface area (Å²) in [6.45, 7) is 4.78. The molecule has 9 heteroatoms. The molecule has 3 N–H and O–H groups in total. The number of rotatable bonds is 28. The van der Waals surface area contributed by atoms with Crippen molar-refractivity contribution in [3.8, 4) is 0 Å². The number of hydrogen-bond acceptors (Lipinski definition) is 5. The molecule has 8 nitrogen and oxygen atoms in total. The summed E-state index contributed by atoms with van der Waals surface area (Å²) in [5, 5.41) is 13.7. The van der Waals surface area contributed by atoms with Crippen LogP contribution in [-0.2, 0) is 18.4 Å². The molecule has 0 aliphatic rings. The van der Waals surface area contributed by atoms with Crippen LogP contribution in [0.2, 0.25) is 0 Å². The van der Waals surface area contributed by atoms with Crippen molar-refractivity contribution in [3.05, 3.63) is 0 Å². The van der Waals surface area contributed by atoms with Crippen molar-refractivity contribution in [2.24, 2.45) is 0 Å². The fraction of sp³-hybridized carbons (Fsp3) is 0.967. The number of phosphoric acid groups is 1. The SMILES string of the molecule is CCCCCCCCCCCCCC(=O)NC(COP(=O)(O)OCC[N+](C)(C)C)C(O)CCCCCCCC. The van der Waals surface area contributed by atoms with E-state index in [1.807, 2.05) is 21.1 Å². The number of aliphatic hydroxyl groups is 1. The molecule has 0 aliphatic carbocycles. The number of unbranched alkanes of at least 4 members (excludes halogenated alkanes) is 15. The molecule has 0 bridgehead atoms. The Morgan fingerprint density at radius 3 is 1.72 bits per heavy atom. The zero-order valence-electron chi connectivity index (χ0n) is 26.1. The summed E-state index contributed by atoms with van der Waals surface area (Å²) in [4.78, 5) is 22.7. The van der Waals surface area contributed by atoms with E-state index in [-0.39, 0.29) is 19.1 Å². The van der Waals surface area contributed by atoms with Crippen LogP contribution < -0.4 is 5.32 Å². The molecule has 0 aromatic rings. The van der Waals surface area contributed by atoms with Crippen LogP contribution in [0.4, 0.5) is 0 Å². The normalized spacial score (nSPS) is 15.2. The number of hydrogen-bond donors (Lipinski definition) is 3. The molecule has 0 saturated carbocycles. The van der Waals surface area contributed by atoms with Crippen molar-refractivity contribution in [3.63, 3.8) is 0 Å². The van der Waals surface area contributed by atoms with Gasteiger partial charge in [-0.25, -0.2) is 4.57 Å². The lowest BCUT2D eigenvalue weighted by molar-refractivity contribution is -0.870. The van der Waals surface area contributed by atoms with Crippen molar-refractivity contribution in [2.75, 3.05) is 40.9 Å². The van der Waals surface area contributed by atoms with Crippen LogP contribution in [0.15, 0.2) is 0 Å². The van der Waals surface area contributed by atoms with Gasteiger partial charge in [-0.1, -0.05) is 117 Å². The fourth-order valence-electron chi connectivity index (χ4n) is 4.45. The number of likely N-dealkylation sites (N-methyl/N-ethyl adjacent to an activating group) is 1. The van der Waals surface area contributed by atoms with Crippen molar-refractivity contribution in [1.29, 1.82) is 0 Å². The molecule has 0 saturated heterocycles. The average Bonchev–Trinajstić information content (AvgIpc) is 2.86. The Morgan fingerprint density at radius 1 is 0.769 bits per heavy atom. The minimum Gasteiger partial charge on any atom is -0.391 e. The highest BCUT2D eigenvalue weighted by molar-refractivity contribution is 7.47. The smallest absolute Gasteiger partial charge is 0.391 e. The molecule has 0 fully saturated rings. The number of carbonyl (C=O) groups excluding carboxylic acids is 1. The van der Waals surface area contributed by atoms with E-state index < -0.39 is 20.0 Å². The van der Waals surface area contributed by atoms with E-state index >= 15 is 0 Å². The Labute approximate surface area is 240 Å². The zero-order valence-corrected chi connectivity index (χ0v) is 27.0. The first-order chi connectivity index (χ1) is 18.5. The number of carbonyl (C=O) groups is 1. The summed E-state index contributed by atoms with van der Waals surface area (Å²) < 4.78 is 23.3. The molecule has 0 heterocycles. The van der Waals surface area contributed by atoms with Crippen LogP contribution in [-0.4, -0.2) is 73.4 Å². The standard InChI is InChI=1S/C30H63N2O6P/c1-6-8-10-12-14-15-16-17-18-20-22-24-30(34)31-28(29(33)23-21-19-13-11-9-7-2)27-38-39(35,36)37-26-25-32(3,4)5/h28-29,33H,6-27H2,1-5H3,(H-,31,34,35,36)/p+1. The van der Waals surface area contributed by atoms with Gasteiger partial charge in [0.2, 0.25) is 5.91 Å². The average molecular weight is 580 g/mol. The summed E-state index contributed by atoms with van der Waals surface area (Å²) in [5.41, 5.74) is 0. The van der Waals surface area contributed by atoms with Crippen LogP contribution in [0.5, 0.6) is 0 Å². The van der Waals surface area contributed by atoms with Gasteiger partial charge in [-0.2, -0.15) is 0 Å². The second-order valence-electron chi connectivity index (χ2n) is 12.2. The first-order valence-corrected chi connectivity index (χ1v) is 17.4. The molecular formula is C30H64N2O6P+. The lowest BCUT2D eigenvalue weighted by Gasteiger charge is -2.26. The summed E-state index contributed by atoms with van der Waals surface area (Å²) in [7, 11) is 1.61. The van der Waals surface area contributed by atoms with Gasteiger partial charge >= 0.3 is 7.82 Å². The Balaban J connectivity index is 4.49. The monoisotopic (exact) mass is 579 g/mol. The van der Waals surface area contributed by atoms with Crippen LogP contribution in [0.25, 0.3) is 0 Å². The molecule has 0 spiro atoms. The van der Waals surface area contributed by atoms with E-state index in [4.69, 9.17) is 9.05 Å². The van der Waals surface area contributed by atoms with Crippen molar-refractivity contribution in [2.45, 2.75) is 148 Å². The molecular weight excluding hydrogens is 515 g/mol. The highest BCUT2D eigenvalue weighted by Crippen LogP contribution is 2.43. The summed E-state index contributed by atoms with van der Waals surface area (Å²) >= 11 is 0. The molecule has 3 unspecified atom stereocenters. The maximum Gasteiger partial charge on any atom is 0.472 e. The van der Waals surface area contributed by atoms with Crippen molar-refractivity contribution >= 4 is 13.7 Å². The number of nitrogens with zero attached hydrogens (tertiary/aromatic N) is 1. The minimum atomic E-state index is -4.28. The van der Waals surface area contributed by atoms with E-state index in [2.05, 4.69) is 19.2 Å². The number of amides is 1. The maximum absolute atomic E-state index is 12.6. The minimum absolute atomic E-state index is 0.0769. The third-order valence-electron chi connectivity index (χ3n) is 7.11. The topological polar surface area (TPSA) is 105 Å². The van der Waals surface area contributed by atoms with Crippen LogP contribution in [0.1, 0.15) is 136 Å². The molecule has 0 rings (SSSR count). The van der Waals surface area contributed by atoms with Gasteiger partial charge in [0.25, 0.3) is 0 Å². The Hall–Kier alpha value is -0.500. The highest BCUT2D eigenvalue weighted by Gasteiger charge is 2.28.